The van der Waals surface area contributed by atoms with Crippen molar-refractivity contribution in [3.63, 3.8) is 0 Å². The van der Waals surface area contributed by atoms with Gasteiger partial charge in [0.1, 0.15) is 22.8 Å². The smallest absolute Gasteiger partial charge is 0.209 e. The summed E-state index contributed by atoms with van der Waals surface area (Å²) in [5.74, 6) is -5.24. The van der Waals surface area contributed by atoms with Crippen molar-refractivity contribution in [3.8, 4) is 28.0 Å². The standard InChI is InChI=1S/C37H36O7/c1-19(2)28-31(40)26(20(3)38)33(42)37(44)34(43)29-32(41)27-25(17-35(29,4)18-36(28,37)5)23(21-12-8-6-9-13-21)16-24(30(27)39)22-14-10-7-11-15-22/h6-16,19,28,39-40,43-44H,17-18H2,1-5H3/t28?,35-,36-,37+/m1/s1. The van der Waals surface area contributed by atoms with Gasteiger partial charge in [-0.3, -0.25) is 14.4 Å². The first-order valence-electron chi connectivity index (χ1n) is 14.9. The van der Waals surface area contributed by atoms with Crippen molar-refractivity contribution < 1.29 is 34.8 Å². The second-order valence-corrected chi connectivity index (χ2v) is 13.4. The molecule has 3 aromatic rings. The molecule has 0 saturated carbocycles. The zero-order chi connectivity index (χ0) is 31.9. The normalized spacial score (nSPS) is 28.1. The van der Waals surface area contributed by atoms with Crippen LogP contribution in [-0.4, -0.2) is 43.4 Å². The Morgan fingerprint density at radius 3 is 1.95 bits per heavy atom. The molecule has 0 fully saturated rings. The summed E-state index contributed by atoms with van der Waals surface area (Å²) in [6.07, 6.45) is 0.245. The van der Waals surface area contributed by atoms with Gasteiger partial charge in [-0.1, -0.05) is 88.4 Å². The fraction of sp³-hybridized carbons (Fsp3) is 0.324. The summed E-state index contributed by atoms with van der Waals surface area (Å²) in [6.45, 7) is 8.20. The summed E-state index contributed by atoms with van der Waals surface area (Å²) >= 11 is 0. The summed E-state index contributed by atoms with van der Waals surface area (Å²) in [6, 6.07) is 20.6. The third-order valence-corrected chi connectivity index (χ3v) is 10.2. The number of carbonyl (C=O) groups is 3. The van der Waals surface area contributed by atoms with Gasteiger partial charge in [-0.25, -0.2) is 0 Å². The first-order chi connectivity index (χ1) is 20.7. The fourth-order valence-corrected chi connectivity index (χ4v) is 8.51. The number of aromatic hydroxyl groups is 1. The maximum atomic E-state index is 14.6. The highest BCUT2D eigenvalue weighted by molar-refractivity contribution is 6.25. The van der Waals surface area contributed by atoms with Crippen molar-refractivity contribution in [2.45, 2.75) is 53.1 Å². The van der Waals surface area contributed by atoms with E-state index in [4.69, 9.17) is 0 Å². The minimum atomic E-state index is -2.65. The van der Waals surface area contributed by atoms with Crippen molar-refractivity contribution in [3.05, 3.63) is 101 Å². The summed E-state index contributed by atoms with van der Waals surface area (Å²) in [7, 11) is 0. The molecular weight excluding hydrogens is 556 g/mol. The number of Topliss-reactive ketones (excluding diaryl/α,β-unsaturated/α-hetero) is 3. The van der Waals surface area contributed by atoms with Crippen molar-refractivity contribution >= 4 is 17.3 Å². The quantitative estimate of drug-likeness (QED) is 0.249. The van der Waals surface area contributed by atoms with Gasteiger partial charge in [0.05, 0.1) is 5.56 Å². The Bertz CT molecular complexity index is 1820. The van der Waals surface area contributed by atoms with Crippen LogP contribution >= 0.6 is 0 Å². The molecule has 7 heteroatoms. The van der Waals surface area contributed by atoms with Gasteiger partial charge < -0.3 is 20.4 Å². The second kappa shape index (κ2) is 9.76. The van der Waals surface area contributed by atoms with Gasteiger partial charge in [-0.2, -0.15) is 0 Å². The first kappa shape index (κ1) is 29.6. The van der Waals surface area contributed by atoms with Gasteiger partial charge in [-0.05, 0) is 54.0 Å². The molecule has 6 rings (SSSR count). The number of ketones is 3. The number of allylic oxidation sites excluding steroid dienone is 2. The van der Waals surface area contributed by atoms with Gasteiger partial charge in [-0.15, -0.1) is 0 Å². The molecule has 4 atom stereocenters. The number of carbonyl (C=O) groups excluding carboxylic acids is 3. The van der Waals surface area contributed by atoms with Gasteiger partial charge in [0.15, 0.2) is 17.2 Å². The number of benzene rings is 3. The number of aliphatic hydroxyl groups excluding tert-OH is 2. The zero-order valence-electron chi connectivity index (χ0n) is 25.4. The predicted molar refractivity (Wildman–Crippen MR) is 166 cm³/mol. The van der Waals surface area contributed by atoms with Crippen molar-refractivity contribution in [2.24, 2.45) is 22.7 Å². The Labute approximate surface area is 256 Å². The topological polar surface area (TPSA) is 132 Å². The lowest BCUT2D eigenvalue weighted by Crippen LogP contribution is -2.67. The summed E-state index contributed by atoms with van der Waals surface area (Å²) in [4.78, 5) is 41.2. The van der Waals surface area contributed by atoms with Crippen LogP contribution in [0.2, 0.25) is 0 Å². The molecule has 7 nitrogen and oxygen atoms in total. The predicted octanol–water partition coefficient (Wildman–Crippen LogP) is 6.68. The number of hydrogen-bond donors (Lipinski definition) is 4. The molecule has 0 heterocycles. The monoisotopic (exact) mass is 592 g/mol. The highest BCUT2D eigenvalue weighted by Gasteiger charge is 2.71. The molecule has 3 aliphatic carbocycles. The Balaban J connectivity index is 1.68. The molecule has 0 aromatic heterocycles. The second-order valence-electron chi connectivity index (χ2n) is 13.4. The molecular formula is C37H36O7. The summed E-state index contributed by atoms with van der Waals surface area (Å²) < 4.78 is 0. The first-order valence-corrected chi connectivity index (χ1v) is 14.9. The molecule has 0 spiro atoms. The van der Waals surface area contributed by atoms with Crippen LogP contribution in [0.4, 0.5) is 0 Å². The Morgan fingerprint density at radius 1 is 0.886 bits per heavy atom. The molecule has 44 heavy (non-hydrogen) atoms. The average molecular weight is 593 g/mol. The molecule has 3 aliphatic rings. The van der Waals surface area contributed by atoms with Crippen molar-refractivity contribution in [1.82, 2.24) is 0 Å². The van der Waals surface area contributed by atoms with Crippen LogP contribution in [0.15, 0.2) is 89.4 Å². The van der Waals surface area contributed by atoms with Crippen LogP contribution in [-0.2, 0) is 16.0 Å². The molecule has 0 radical (unpaired) electrons. The number of phenolic OH excluding ortho intramolecular Hbond substituents is 1. The Kier molecular flexibility index (Phi) is 6.56. The van der Waals surface area contributed by atoms with E-state index in [0.29, 0.717) is 16.7 Å². The highest BCUT2D eigenvalue weighted by Crippen LogP contribution is 2.65. The SMILES string of the molecule is CC(=O)C1=C(O)C(C(C)C)[C@@]2(C)C[C@@]3(C)Cc4c(-c5ccccc5)cc(-c5ccccc5)c(O)c4C(=O)C3=C(O)[C@@]2(O)C1=O. The minimum Gasteiger partial charge on any atom is -0.511 e. The average Bonchev–Trinajstić information content (AvgIpc) is 2.95. The molecule has 0 amide bonds. The van der Waals surface area contributed by atoms with Gasteiger partial charge in [0.2, 0.25) is 5.78 Å². The fourth-order valence-electron chi connectivity index (χ4n) is 8.51. The maximum absolute atomic E-state index is 14.6. The molecule has 4 N–H and O–H groups in total. The molecule has 1 unspecified atom stereocenters. The van der Waals surface area contributed by atoms with E-state index >= 15 is 0 Å². The third-order valence-electron chi connectivity index (χ3n) is 10.2. The van der Waals surface area contributed by atoms with Gasteiger partial charge in [0.25, 0.3) is 0 Å². The van der Waals surface area contributed by atoms with E-state index in [2.05, 4.69) is 0 Å². The van der Waals surface area contributed by atoms with Crippen LogP contribution < -0.4 is 0 Å². The van der Waals surface area contributed by atoms with Crippen LogP contribution in [0.1, 0.15) is 57.0 Å². The van der Waals surface area contributed by atoms with Crippen molar-refractivity contribution in [2.75, 3.05) is 0 Å². The lowest BCUT2D eigenvalue weighted by Gasteiger charge is -2.59. The van der Waals surface area contributed by atoms with Crippen LogP contribution in [0.25, 0.3) is 22.3 Å². The summed E-state index contributed by atoms with van der Waals surface area (Å²) in [5, 5.41) is 47.4. The molecule has 0 saturated heterocycles. The number of rotatable bonds is 4. The lowest BCUT2D eigenvalue weighted by molar-refractivity contribution is -0.171. The Hall–Kier alpha value is -4.49. The van der Waals surface area contributed by atoms with E-state index in [1.807, 2.05) is 87.5 Å². The number of phenols is 1. The van der Waals surface area contributed by atoms with E-state index in [1.165, 1.54) is 0 Å². The Morgan fingerprint density at radius 2 is 1.43 bits per heavy atom. The zero-order valence-corrected chi connectivity index (χ0v) is 25.4. The van der Waals surface area contributed by atoms with E-state index in [1.54, 1.807) is 6.92 Å². The molecule has 226 valence electrons. The van der Waals surface area contributed by atoms with E-state index in [9.17, 15) is 34.8 Å². The van der Waals surface area contributed by atoms with E-state index < -0.39 is 56.8 Å². The molecule has 3 aromatic carbocycles. The largest absolute Gasteiger partial charge is 0.511 e. The minimum absolute atomic E-state index is 0.00489. The van der Waals surface area contributed by atoms with Gasteiger partial charge >= 0.3 is 0 Å². The lowest BCUT2D eigenvalue weighted by atomic mass is 9.44. The number of aliphatic hydroxyl groups is 3. The van der Waals surface area contributed by atoms with Crippen LogP contribution in [0, 0.1) is 22.7 Å². The molecule has 0 aliphatic heterocycles. The van der Waals surface area contributed by atoms with Crippen LogP contribution in [0.5, 0.6) is 5.75 Å². The van der Waals surface area contributed by atoms with Crippen LogP contribution in [0.3, 0.4) is 0 Å². The summed E-state index contributed by atoms with van der Waals surface area (Å²) in [5.41, 5.74) is -2.64. The number of fused-ring (bicyclic) bond motifs is 3. The maximum Gasteiger partial charge on any atom is 0.209 e. The van der Waals surface area contributed by atoms with Crippen molar-refractivity contribution in [1.29, 1.82) is 0 Å². The van der Waals surface area contributed by atoms with Gasteiger partial charge in [0, 0.05) is 27.9 Å². The highest BCUT2D eigenvalue weighted by atomic mass is 16.3. The van der Waals surface area contributed by atoms with E-state index in [0.717, 1.165) is 18.1 Å². The van der Waals surface area contributed by atoms with E-state index in [-0.39, 0.29) is 35.6 Å². The third kappa shape index (κ3) is 3.75. The number of hydrogen-bond acceptors (Lipinski definition) is 7. The molecule has 0 bridgehead atoms.